The Morgan fingerprint density at radius 3 is 2.38 bits per heavy atom. The van der Waals surface area contributed by atoms with Crippen LogP contribution in [0.15, 0.2) is 18.2 Å². The summed E-state index contributed by atoms with van der Waals surface area (Å²) in [5.41, 5.74) is 6.40. The predicted octanol–water partition coefficient (Wildman–Crippen LogP) is -0.414. The lowest BCUT2D eigenvalue weighted by Crippen LogP contribution is -2.40. The van der Waals surface area contributed by atoms with Crippen molar-refractivity contribution in [2.24, 2.45) is 5.73 Å². The second-order valence-electron chi connectivity index (χ2n) is 3.47. The molecule has 88 valence electrons. The molecule has 0 heterocycles. The second-order valence-corrected chi connectivity index (χ2v) is 3.47. The van der Waals surface area contributed by atoms with E-state index in [-0.39, 0.29) is 0 Å². The van der Waals surface area contributed by atoms with E-state index in [9.17, 15) is 0 Å². The van der Waals surface area contributed by atoms with Gasteiger partial charge in [0.05, 0.1) is 14.2 Å². The summed E-state index contributed by atoms with van der Waals surface area (Å²) in [4.78, 5) is 0. The van der Waals surface area contributed by atoms with E-state index in [1.165, 1.54) is 0 Å². The lowest BCUT2D eigenvalue weighted by Gasteiger charge is -2.12. The van der Waals surface area contributed by atoms with Crippen molar-refractivity contribution >= 4 is 7.12 Å². The third-order valence-corrected chi connectivity index (χ3v) is 2.30. The number of ether oxygens (including phenoxy) is 2. The average Bonchev–Trinajstić information content (AvgIpc) is 2.28. The largest absolute Gasteiger partial charge is 0.493 e. The van der Waals surface area contributed by atoms with Gasteiger partial charge in [0, 0.05) is 5.94 Å². The van der Waals surface area contributed by atoms with Gasteiger partial charge in [-0.3, -0.25) is 0 Å². The fraction of sp³-hybridized carbons (Fsp3) is 0.400. The molecule has 0 aliphatic carbocycles. The average molecular weight is 225 g/mol. The van der Waals surface area contributed by atoms with Crippen molar-refractivity contribution in [2.45, 2.75) is 12.4 Å². The first-order valence-electron chi connectivity index (χ1n) is 4.91. The minimum atomic E-state index is -1.52. The molecule has 0 aromatic heterocycles. The minimum absolute atomic E-state index is 0.359. The fourth-order valence-electron chi connectivity index (χ4n) is 1.39. The Balaban J connectivity index is 2.82. The number of methoxy groups -OCH3 is 2. The molecule has 16 heavy (non-hydrogen) atoms. The molecule has 0 fully saturated rings. The number of hydrogen-bond acceptors (Lipinski definition) is 5. The summed E-state index contributed by atoms with van der Waals surface area (Å²) in [6.45, 7) is 0. The Bertz CT molecular complexity index is 346. The van der Waals surface area contributed by atoms with Crippen LogP contribution in [0.5, 0.6) is 11.5 Å². The summed E-state index contributed by atoms with van der Waals surface area (Å²) in [5.74, 6) is 0.516. The molecule has 1 aromatic rings. The highest BCUT2D eigenvalue weighted by Crippen LogP contribution is 2.27. The molecule has 4 N–H and O–H groups in total. The first-order chi connectivity index (χ1) is 7.58. The maximum atomic E-state index is 8.88. The molecule has 0 radical (unpaired) electrons. The van der Waals surface area contributed by atoms with Crippen molar-refractivity contribution in [3.8, 4) is 11.5 Å². The van der Waals surface area contributed by atoms with Crippen LogP contribution < -0.4 is 15.2 Å². The van der Waals surface area contributed by atoms with Crippen LogP contribution in [0.1, 0.15) is 5.56 Å². The third-order valence-electron chi connectivity index (χ3n) is 2.30. The number of nitrogens with two attached hydrogens (primary N) is 1. The van der Waals surface area contributed by atoms with Gasteiger partial charge in [0.25, 0.3) is 0 Å². The maximum absolute atomic E-state index is 8.88. The highest BCUT2D eigenvalue weighted by molar-refractivity contribution is 6.43. The zero-order chi connectivity index (χ0) is 12.1. The van der Waals surface area contributed by atoms with E-state index in [4.69, 9.17) is 25.3 Å². The standard InChI is InChI=1S/C10H16BNO4/c1-15-8-4-3-7(5-9(8)16-2)6-10(12)11(13)14/h3-5,10,13-14H,6,12H2,1-2H3. The van der Waals surface area contributed by atoms with Gasteiger partial charge >= 0.3 is 7.12 Å². The first kappa shape index (κ1) is 12.8. The SMILES string of the molecule is COc1ccc(CC(N)B(O)O)cc1OC. The fourth-order valence-corrected chi connectivity index (χ4v) is 1.39. The van der Waals surface area contributed by atoms with E-state index in [2.05, 4.69) is 0 Å². The third kappa shape index (κ3) is 3.13. The minimum Gasteiger partial charge on any atom is -0.493 e. The van der Waals surface area contributed by atoms with Crippen LogP contribution in [-0.2, 0) is 6.42 Å². The zero-order valence-electron chi connectivity index (χ0n) is 9.38. The van der Waals surface area contributed by atoms with E-state index in [0.29, 0.717) is 17.9 Å². The summed E-state index contributed by atoms with van der Waals surface area (Å²) in [7, 11) is 1.58. The van der Waals surface area contributed by atoms with Crippen molar-refractivity contribution < 1.29 is 19.5 Å². The van der Waals surface area contributed by atoms with Crippen molar-refractivity contribution in [1.29, 1.82) is 0 Å². The molecule has 1 unspecified atom stereocenters. The predicted molar refractivity (Wildman–Crippen MR) is 61.4 cm³/mol. The summed E-state index contributed by atoms with van der Waals surface area (Å²) in [5, 5.41) is 17.8. The number of rotatable bonds is 5. The van der Waals surface area contributed by atoms with Crippen LogP contribution in [0.4, 0.5) is 0 Å². The van der Waals surface area contributed by atoms with Crippen molar-refractivity contribution in [3.05, 3.63) is 23.8 Å². The van der Waals surface area contributed by atoms with E-state index in [0.717, 1.165) is 5.56 Å². The van der Waals surface area contributed by atoms with Crippen LogP contribution >= 0.6 is 0 Å². The van der Waals surface area contributed by atoms with Crippen LogP contribution in [0.3, 0.4) is 0 Å². The summed E-state index contributed by atoms with van der Waals surface area (Å²) in [6.07, 6.45) is 0.359. The van der Waals surface area contributed by atoms with Gasteiger partial charge in [-0.1, -0.05) is 6.07 Å². The van der Waals surface area contributed by atoms with Crippen LogP contribution in [0.2, 0.25) is 0 Å². The van der Waals surface area contributed by atoms with Gasteiger partial charge in [0.15, 0.2) is 11.5 Å². The van der Waals surface area contributed by atoms with Gasteiger partial charge in [-0.2, -0.15) is 0 Å². The van der Waals surface area contributed by atoms with Crippen LogP contribution in [0, 0.1) is 0 Å². The molecule has 1 atom stereocenters. The molecule has 1 rings (SSSR count). The molecule has 6 heteroatoms. The Labute approximate surface area is 94.9 Å². The van der Waals surface area contributed by atoms with Gasteiger partial charge in [-0.25, -0.2) is 0 Å². The Hall–Kier alpha value is -1.24. The van der Waals surface area contributed by atoms with E-state index in [1.807, 2.05) is 6.07 Å². The highest BCUT2D eigenvalue weighted by atomic mass is 16.5. The summed E-state index contributed by atoms with van der Waals surface area (Å²) >= 11 is 0. The summed E-state index contributed by atoms with van der Waals surface area (Å²) in [6, 6.07) is 5.33. The normalized spacial score (nSPS) is 12.1. The van der Waals surface area contributed by atoms with Crippen molar-refractivity contribution in [1.82, 2.24) is 0 Å². The zero-order valence-corrected chi connectivity index (χ0v) is 9.38. The van der Waals surface area contributed by atoms with E-state index >= 15 is 0 Å². The molecule has 0 aliphatic rings. The highest BCUT2D eigenvalue weighted by Gasteiger charge is 2.19. The molecule has 0 amide bonds. The lowest BCUT2D eigenvalue weighted by atomic mass is 9.77. The quantitative estimate of drug-likeness (QED) is 0.593. The molecule has 0 saturated heterocycles. The first-order valence-corrected chi connectivity index (χ1v) is 4.91. The van der Waals surface area contributed by atoms with E-state index < -0.39 is 13.1 Å². The molecular formula is C10H16BNO4. The molecule has 0 spiro atoms. The van der Waals surface area contributed by atoms with Gasteiger partial charge in [-0.05, 0) is 24.1 Å². The van der Waals surface area contributed by atoms with Gasteiger partial charge < -0.3 is 25.3 Å². The van der Waals surface area contributed by atoms with Gasteiger partial charge in [0.1, 0.15) is 0 Å². The Morgan fingerprint density at radius 1 is 1.25 bits per heavy atom. The van der Waals surface area contributed by atoms with Gasteiger partial charge in [-0.15, -0.1) is 0 Å². The van der Waals surface area contributed by atoms with Crippen molar-refractivity contribution in [2.75, 3.05) is 14.2 Å². The smallest absolute Gasteiger partial charge is 0.469 e. The number of benzene rings is 1. The molecule has 5 nitrogen and oxygen atoms in total. The second kappa shape index (κ2) is 5.74. The molecular weight excluding hydrogens is 209 g/mol. The molecule has 1 aromatic carbocycles. The molecule has 0 saturated carbocycles. The lowest BCUT2D eigenvalue weighted by molar-refractivity contribution is 0.354. The Morgan fingerprint density at radius 2 is 1.88 bits per heavy atom. The number of hydrogen-bond donors (Lipinski definition) is 3. The van der Waals surface area contributed by atoms with E-state index in [1.54, 1.807) is 26.4 Å². The van der Waals surface area contributed by atoms with Crippen LogP contribution in [0.25, 0.3) is 0 Å². The molecule has 0 bridgehead atoms. The van der Waals surface area contributed by atoms with Crippen molar-refractivity contribution in [3.63, 3.8) is 0 Å². The molecule has 0 aliphatic heterocycles. The monoisotopic (exact) mass is 225 g/mol. The maximum Gasteiger partial charge on any atom is 0.469 e. The van der Waals surface area contributed by atoms with Gasteiger partial charge in [0.2, 0.25) is 0 Å². The van der Waals surface area contributed by atoms with Crippen LogP contribution in [-0.4, -0.2) is 37.3 Å². The topological polar surface area (TPSA) is 84.9 Å². The Kier molecular flexibility index (Phi) is 4.60. The summed E-state index contributed by atoms with van der Waals surface area (Å²) < 4.78 is 10.2.